The Balaban J connectivity index is 1.59. The first kappa shape index (κ1) is 17.8. The van der Waals surface area contributed by atoms with Gasteiger partial charge in [0.2, 0.25) is 0 Å². The number of aromatic nitrogens is 2. The molecule has 0 unspecified atom stereocenters. The van der Waals surface area contributed by atoms with Gasteiger partial charge in [0, 0.05) is 23.9 Å². The van der Waals surface area contributed by atoms with E-state index in [0.29, 0.717) is 24.4 Å². The standard InChI is InChI=1S/C23H21N3O2/c1-17-21(12-13-28-17)23(27)24-14-20-16-26(15-18-8-4-2-5-9-18)25-22(20)19-10-6-3-7-11-19/h2-13,16H,14-15H2,1H3,(H,24,27). The Morgan fingerprint density at radius 2 is 1.75 bits per heavy atom. The largest absolute Gasteiger partial charge is 0.469 e. The Labute approximate surface area is 163 Å². The molecule has 28 heavy (non-hydrogen) atoms. The van der Waals surface area contributed by atoms with Gasteiger partial charge in [-0.05, 0) is 18.6 Å². The van der Waals surface area contributed by atoms with Crippen molar-refractivity contribution in [1.82, 2.24) is 15.1 Å². The maximum Gasteiger partial charge on any atom is 0.255 e. The second-order valence-corrected chi connectivity index (χ2v) is 6.63. The van der Waals surface area contributed by atoms with Crippen molar-refractivity contribution < 1.29 is 9.21 Å². The highest BCUT2D eigenvalue weighted by Gasteiger charge is 2.15. The topological polar surface area (TPSA) is 60.1 Å². The molecule has 1 N–H and O–H groups in total. The third kappa shape index (κ3) is 3.88. The lowest BCUT2D eigenvalue weighted by Crippen LogP contribution is -2.23. The monoisotopic (exact) mass is 371 g/mol. The third-order valence-electron chi connectivity index (χ3n) is 4.61. The fourth-order valence-electron chi connectivity index (χ4n) is 3.17. The number of nitrogens with zero attached hydrogens (tertiary/aromatic N) is 2. The molecule has 140 valence electrons. The van der Waals surface area contributed by atoms with Crippen LogP contribution in [0.1, 0.15) is 27.2 Å². The zero-order valence-electron chi connectivity index (χ0n) is 15.6. The zero-order valence-corrected chi connectivity index (χ0v) is 15.6. The maximum absolute atomic E-state index is 12.4. The smallest absolute Gasteiger partial charge is 0.255 e. The molecule has 4 aromatic rings. The van der Waals surface area contributed by atoms with Crippen molar-refractivity contribution in [1.29, 1.82) is 0 Å². The predicted octanol–water partition coefficient (Wildman–Crippen LogP) is 4.43. The Morgan fingerprint density at radius 1 is 1.04 bits per heavy atom. The number of furan rings is 1. The Bertz CT molecular complexity index is 1070. The molecule has 0 spiro atoms. The van der Waals surface area contributed by atoms with E-state index in [1.165, 1.54) is 11.8 Å². The molecule has 0 saturated heterocycles. The highest BCUT2D eigenvalue weighted by Crippen LogP contribution is 2.22. The molecule has 0 fully saturated rings. The molecular formula is C23H21N3O2. The van der Waals surface area contributed by atoms with Gasteiger partial charge < -0.3 is 9.73 Å². The number of carbonyl (C=O) groups is 1. The molecule has 0 radical (unpaired) electrons. The zero-order chi connectivity index (χ0) is 19.3. The Kier molecular flexibility index (Phi) is 5.06. The van der Waals surface area contributed by atoms with Gasteiger partial charge in [-0.1, -0.05) is 60.7 Å². The summed E-state index contributed by atoms with van der Waals surface area (Å²) in [6.07, 6.45) is 3.52. The minimum absolute atomic E-state index is 0.152. The fraction of sp³-hybridized carbons (Fsp3) is 0.130. The quantitative estimate of drug-likeness (QED) is 0.545. The third-order valence-corrected chi connectivity index (χ3v) is 4.61. The average molecular weight is 371 g/mol. The van der Waals surface area contributed by atoms with Crippen molar-refractivity contribution in [2.75, 3.05) is 0 Å². The first-order valence-corrected chi connectivity index (χ1v) is 9.18. The summed E-state index contributed by atoms with van der Waals surface area (Å²) >= 11 is 0. The van der Waals surface area contributed by atoms with E-state index in [9.17, 15) is 4.79 Å². The summed E-state index contributed by atoms with van der Waals surface area (Å²) in [5.74, 6) is 0.460. The first-order chi connectivity index (χ1) is 13.7. The lowest BCUT2D eigenvalue weighted by atomic mass is 10.1. The van der Waals surface area contributed by atoms with Crippen LogP contribution in [0.4, 0.5) is 0 Å². The van der Waals surface area contributed by atoms with Crippen LogP contribution in [0.15, 0.2) is 83.6 Å². The number of carbonyl (C=O) groups excluding carboxylic acids is 1. The molecular weight excluding hydrogens is 350 g/mol. The molecule has 4 rings (SSSR count). The predicted molar refractivity (Wildman–Crippen MR) is 108 cm³/mol. The number of amides is 1. The molecule has 5 nitrogen and oxygen atoms in total. The molecule has 1 amide bonds. The van der Waals surface area contributed by atoms with Gasteiger partial charge in [-0.2, -0.15) is 5.10 Å². The molecule has 0 aliphatic rings. The van der Waals surface area contributed by atoms with Crippen LogP contribution in [0.25, 0.3) is 11.3 Å². The Hall–Kier alpha value is -3.60. The second-order valence-electron chi connectivity index (χ2n) is 6.63. The molecule has 2 heterocycles. The number of rotatable bonds is 6. The number of hydrogen-bond acceptors (Lipinski definition) is 3. The summed E-state index contributed by atoms with van der Waals surface area (Å²) in [5.41, 5.74) is 4.60. The SMILES string of the molecule is Cc1occc1C(=O)NCc1cn(Cc2ccccc2)nc1-c1ccccc1. The van der Waals surface area contributed by atoms with Gasteiger partial charge in [-0.15, -0.1) is 0 Å². The average Bonchev–Trinajstić information content (AvgIpc) is 3.33. The summed E-state index contributed by atoms with van der Waals surface area (Å²) < 4.78 is 7.14. The molecule has 2 aromatic heterocycles. The van der Waals surface area contributed by atoms with E-state index in [4.69, 9.17) is 9.52 Å². The van der Waals surface area contributed by atoms with Crippen LogP contribution in [0, 0.1) is 6.92 Å². The summed E-state index contributed by atoms with van der Waals surface area (Å²) in [7, 11) is 0. The number of hydrogen-bond donors (Lipinski definition) is 1. The second kappa shape index (κ2) is 7.96. The van der Waals surface area contributed by atoms with Crippen LogP contribution >= 0.6 is 0 Å². The highest BCUT2D eigenvalue weighted by atomic mass is 16.3. The van der Waals surface area contributed by atoms with Gasteiger partial charge >= 0.3 is 0 Å². The maximum atomic E-state index is 12.4. The number of nitrogens with one attached hydrogen (secondary N) is 1. The molecule has 0 aliphatic heterocycles. The normalized spacial score (nSPS) is 10.8. The van der Waals surface area contributed by atoms with Crippen molar-refractivity contribution >= 4 is 5.91 Å². The highest BCUT2D eigenvalue weighted by molar-refractivity contribution is 5.95. The van der Waals surface area contributed by atoms with E-state index in [0.717, 1.165) is 16.8 Å². The van der Waals surface area contributed by atoms with Gasteiger partial charge in [-0.3, -0.25) is 9.48 Å². The van der Waals surface area contributed by atoms with Crippen LogP contribution in [-0.4, -0.2) is 15.7 Å². The van der Waals surface area contributed by atoms with E-state index in [-0.39, 0.29) is 5.91 Å². The molecule has 0 bridgehead atoms. The van der Waals surface area contributed by atoms with Crippen molar-refractivity contribution in [3.8, 4) is 11.3 Å². The molecule has 0 atom stereocenters. The number of benzene rings is 2. The summed E-state index contributed by atoms with van der Waals surface area (Å²) in [6.45, 7) is 2.85. The van der Waals surface area contributed by atoms with E-state index in [2.05, 4.69) is 17.4 Å². The lowest BCUT2D eigenvalue weighted by Gasteiger charge is -2.05. The van der Waals surface area contributed by atoms with Crippen LogP contribution in [0.2, 0.25) is 0 Å². The van der Waals surface area contributed by atoms with E-state index < -0.39 is 0 Å². The Morgan fingerprint density at radius 3 is 2.43 bits per heavy atom. The van der Waals surface area contributed by atoms with Crippen molar-refractivity contribution in [2.24, 2.45) is 0 Å². The minimum atomic E-state index is -0.152. The van der Waals surface area contributed by atoms with Crippen molar-refractivity contribution in [3.05, 3.63) is 102 Å². The van der Waals surface area contributed by atoms with Crippen molar-refractivity contribution in [3.63, 3.8) is 0 Å². The molecule has 0 aliphatic carbocycles. The van der Waals surface area contributed by atoms with Gasteiger partial charge in [0.1, 0.15) is 5.76 Å². The van der Waals surface area contributed by atoms with Gasteiger partial charge in [0.25, 0.3) is 5.91 Å². The van der Waals surface area contributed by atoms with Crippen LogP contribution in [0.3, 0.4) is 0 Å². The van der Waals surface area contributed by atoms with Crippen molar-refractivity contribution in [2.45, 2.75) is 20.0 Å². The number of aryl methyl sites for hydroxylation is 1. The van der Waals surface area contributed by atoms with Crippen LogP contribution in [-0.2, 0) is 13.1 Å². The molecule has 2 aromatic carbocycles. The fourth-order valence-corrected chi connectivity index (χ4v) is 3.17. The molecule has 0 saturated carbocycles. The first-order valence-electron chi connectivity index (χ1n) is 9.18. The van der Waals surface area contributed by atoms with Gasteiger partial charge in [0.05, 0.1) is 24.1 Å². The van der Waals surface area contributed by atoms with E-state index in [1.807, 2.05) is 59.4 Å². The van der Waals surface area contributed by atoms with Crippen LogP contribution < -0.4 is 5.32 Å². The summed E-state index contributed by atoms with van der Waals surface area (Å²) in [4.78, 5) is 12.4. The lowest BCUT2D eigenvalue weighted by molar-refractivity contribution is 0.0949. The van der Waals surface area contributed by atoms with E-state index in [1.54, 1.807) is 13.0 Å². The summed E-state index contributed by atoms with van der Waals surface area (Å²) in [5, 5.41) is 7.76. The van der Waals surface area contributed by atoms with Gasteiger partial charge in [0.15, 0.2) is 0 Å². The van der Waals surface area contributed by atoms with E-state index >= 15 is 0 Å². The van der Waals surface area contributed by atoms with Crippen LogP contribution in [0.5, 0.6) is 0 Å². The summed E-state index contributed by atoms with van der Waals surface area (Å²) in [6, 6.07) is 21.9. The molecule has 5 heteroatoms. The van der Waals surface area contributed by atoms with Gasteiger partial charge in [-0.25, -0.2) is 0 Å². The minimum Gasteiger partial charge on any atom is -0.469 e.